The number of ether oxygens (including phenoxy) is 2. The maximum Gasteiger partial charge on any atom is 0.407 e. The van der Waals surface area contributed by atoms with Gasteiger partial charge in [0.25, 0.3) is 0 Å². The van der Waals surface area contributed by atoms with Crippen molar-refractivity contribution in [3.8, 4) is 0 Å². The fraction of sp³-hybridized carbons (Fsp3) is 0.840. The molecule has 12 nitrogen and oxygen atoms in total. The van der Waals surface area contributed by atoms with E-state index < -0.39 is 47.1 Å². The highest BCUT2D eigenvalue weighted by molar-refractivity contribution is 5.76. The van der Waals surface area contributed by atoms with Gasteiger partial charge in [0, 0.05) is 43.7 Å². The predicted octanol–water partition coefficient (Wildman–Crippen LogP) is 3.19. The number of nitrogens with two attached hydrogens (primary N) is 1. The number of nitrogens with zero attached hydrogens (tertiary/aromatic N) is 1. The fourth-order valence-electron chi connectivity index (χ4n) is 3.21. The number of alkyl carbamates (subject to hydrolysis) is 2. The molecule has 1 unspecified atom stereocenters. The summed E-state index contributed by atoms with van der Waals surface area (Å²) >= 11 is 0. The second-order valence-electron chi connectivity index (χ2n) is 12.1. The van der Waals surface area contributed by atoms with Gasteiger partial charge in [-0.15, -0.1) is 0 Å². The molecule has 0 radical (unpaired) electrons. The second-order valence-corrected chi connectivity index (χ2v) is 12.1. The molecule has 0 bridgehead atoms. The van der Waals surface area contributed by atoms with Gasteiger partial charge in [0.05, 0.1) is 0 Å². The van der Waals surface area contributed by atoms with Crippen LogP contribution in [-0.4, -0.2) is 82.7 Å². The normalized spacial score (nSPS) is 13.7. The molecule has 0 aromatic rings. The zero-order valence-electron chi connectivity index (χ0n) is 24.0. The van der Waals surface area contributed by atoms with Crippen molar-refractivity contribution < 1.29 is 33.8 Å². The van der Waals surface area contributed by atoms with E-state index in [0.29, 0.717) is 25.8 Å². The van der Waals surface area contributed by atoms with E-state index in [1.807, 2.05) is 0 Å². The minimum absolute atomic E-state index is 0.0109. The van der Waals surface area contributed by atoms with Crippen LogP contribution in [0.15, 0.2) is 0 Å². The SMILES string of the molecule is CC(C)(C)OC(=O)NCCC[C@@H](CNC(=O)CC(N)CCN(C(=O)O)C(C)(C)C)NC(=O)OC(C)(C)C. The Labute approximate surface area is 221 Å². The molecule has 216 valence electrons. The summed E-state index contributed by atoms with van der Waals surface area (Å²) < 4.78 is 10.5. The first kappa shape index (κ1) is 34.2. The number of amides is 4. The van der Waals surface area contributed by atoms with Crippen LogP contribution in [0.25, 0.3) is 0 Å². The highest BCUT2D eigenvalue weighted by atomic mass is 16.6. The molecule has 0 aliphatic rings. The van der Waals surface area contributed by atoms with Gasteiger partial charge in [-0.1, -0.05) is 0 Å². The topological polar surface area (TPSA) is 172 Å². The van der Waals surface area contributed by atoms with Crippen LogP contribution in [0.4, 0.5) is 14.4 Å². The summed E-state index contributed by atoms with van der Waals surface area (Å²) in [5.41, 5.74) is 4.21. The van der Waals surface area contributed by atoms with Crippen molar-refractivity contribution in [1.29, 1.82) is 0 Å². The van der Waals surface area contributed by atoms with Gasteiger partial charge in [0.15, 0.2) is 0 Å². The predicted molar refractivity (Wildman–Crippen MR) is 141 cm³/mol. The maximum atomic E-state index is 12.5. The lowest BCUT2D eigenvalue weighted by Crippen LogP contribution is -2.48. The van der Waals surface area contributed by atoms with Gasteiger partial charge < -0.3 is 41.2 Å². The van der Waals surface area contributed by atoms with Crippen molar-refractivity contribution in [3.63, 3.8) is 0 Å². The van der Waals surface area contributed by atoms with Crippen molar-refractivity contribution in [3.05, 3.63) is 0 Å². The number of carbonyl (C=O) groups excluding carboxylic acids is 3. The molecule has 12 heteroatoms. The minimum Gasteiger partial charge on any atom is -0.465 e. The summed E-state index contributed by atoms with van der Waals surface area (Å²) in [6.07, 6.45) is -0.864. The molecule has 0 spiro atoms. The Bertz CT molecular complexity index is 754. The third-order valence-corrected chi connectivity index (χ3v) is 4.88. The van der Waals surface area contributed by atoms with Crippen molar-refractivity contribution in [1.82, 2.24) is 20.9 Å². The van der Waals surface area contributed by atoms with E-state index in [-0.39, 0.29) is 25.4 Å². The molecule has 0 heterocycles. The minimum atomic E-state index is -1.04. The summed E-state index contributed by atoms with van der Waals surface area (Å²) in [5.74, 6) is -0.312. The molecule has 0 fully saturated rings. The Morgan fingerprint density at radius 2 is 1.41 bits per heavy atom. The maximum absolute atomic E-state index is 12.5. The van der Waals surface area contributed by atoms with E-state index >= 15 is 0 Å². The Morgan fingerprint density at radius 3 is 1.89 bits per heavy atom. The number of hydrogen-bond acceptors (Lipinski definition) is 7. The molecule has 0 rings (SSSR count). The van der Waals surface area contributed by atoms with E-state index in [1.165, 1.54) is 4.90 Å². The van der Waals surface area contributed by atoms with E-state index in [4.69, 9.17) is 15.2 Å². The van der Waals surface area contributed by atoms with Crippen LogP contribution in [0.3, 0.4) is 0 Å². The first-order chi connectivity index (χ1) is 16.7. The lowest BCUT2D eigenvalue weighted by Gasteiger charge is -2.33. The van der Waals surface area contributed by atoms with E-state index in [1.54, 1.807) is 62.3 Å². The Balaban J connectivity index is 4.81. The number of rotatable bonds is 12. The van der Waals surface area contributed by atoms with Crippen LogP contribution in [0.1, 0.15) is 88.0 Å². The van der Waals surface area contributed by atoms with Crippen molar-refractivity contribution in [2.24, 2.45) is 5.73 Å². The molecule has 0 saturated carbocycles. The third-order valence-electron chi connectivity index (χ3n) is 4.88. The quantitative estimate of drug-likeness (QED) is 0.239. The van der Waals surface area contributed by atoms with Crippen LogP contribution in [0.2, 0.25) is 0 Å². The summed E-state index contributed by atoms with van der Waals surface area (Å²) in [6.45, 7) is 16.6. The smallest absolute Gasteiger partial charge is 0.407 e. The molecule has 2 atom stereocenters. The fourth-order valence-corrected chi connectivity index (χ4v) is 3.21. The van der Waals surface area contributed by atoms with Crippen LogP contribution >= 0.6 is 0 Å². The summed E-state index contributed by atoms with van der Waals surface area (Å²) in [6, 6.07) is -0.974. The van der Waals surface area contributed by atoms with Crippen molar-refractivity contribution in [2.75, 3.05) is 19.6 Å². The van der Waals surface area contributed by atoms with Gasteiger partial charge in [0.1, 0.15) is 11.2 Å². The highest BCUT2D eigenvalue weighted by Gasteiger charge is 2.27. The van der Waals surface area contributed by atoms with E-state index in [9.17, 15) is 24.3 Å². The third kappa shape index (κ3) is 18.2. The van der Waals surface area contributed by atoms with E-state index in [0.717, 1.165) is 0 Å². The summed E-state index contributed by atoms with van der Waals surface area (Å²) in [7, 11) is 0. The zero-order valence-corrected chi connectivity index (χ0v) is 24.0. The van der Waals surface area contributed by atoms with Crippen molar-refractivity contribution >= 4 is 24.2 Å². The standard InChI is InChI=1S/C25H49N5O7/c1-23(2,3)30(22(34)35)14-12-17(26)15-19(31)28-16-18(29-21(33)37-25(7,8)9)11-10-13-27-20(32)36-24(4,5)6/h17-18H,10-16,26H2,1-9H3,(H,27,32)(H,28,31)(H,29,33)(H,34,35)/t17?,18-/m0/s1. The van der Waals surface area contributed by atoms with Crippen LogP contribution in [0, 0.1) is 0 Å². The van der Waals surface area contributed by atoms with Crippen LogP contribution < -0.4 is 21.7 Å². The number of nitrogens with one attached hydrogen (secondary N) is 3. The molecule has 0 aromatic heterocycles. The largest absolute Gasteiger partial charge is 0.465 e. The van der Waals surface area contributed by atoms with Gasteiger partial charge in [-0.2, -0.15) is 0 Å². The molecule has 0 aromatic carbocycles. The average molecular weight is 532 g/mol. The first-order valence-corrected chi connectivity index (χ1v) is 12.7. The first-order valence-electron chi connectivity index (χ1n) is 12.7. The summed E-state index contributed by atoms with van der Waals surface area (Å²) in [5, 5.41) is 17.6. The Morgan fingerprint density at radius 1 is 0.865 bits per heavy atom. The van der Waals surface area contributed by atoms with Crippen molar-refractivity contribution in [2.45, 2.75) is 117 Å². The molecule has 0 aliphatic carbocycles. The van der Waals surface area contributed by atoms with Gasteiger partial charge >= 0.3 is 18.3 Å². The number of hydrogen-bond donors (Lipinski definition) is 5. The molecule has 4 amide bonds. The van der Waals surface area contributed by atoms with Gasteiger partial charge in [-0.3, -0.25) is 4.79 Å². The van der Waals surface area contributed by atoms with E-state index in [2.05, 4.69) is 16.0 Å². The zero-order chi connectivity index (χ0) is 29.0. The summed E-state index contributed by atoms with van der Waals surface area (Å²) in [4.78, 5) is 49.3. The average Bonchev–Trinajstić information content (AvgIpc) is 2.65. The molecule has 0 saturated heterocycles. The highest BCUT2D eigenvalue weighted by Crippen LogP contribution is 2.15. The Hall–Kier alpha value is -2.76. The van der Waals surface area contributed by atoms with Crippen LogP contribution in [-0.2, 0) is 14.3 Å². The Kier molecular flexibility index (Phi) is 13.7. The molecule has 0 aliphatic heterocycles. The van der Waals surface area contributed by atoms with Gasteiger partial charge in [0.2, 0.25) is 5.91 Å². The molecular weight excluding hydrogens is 482 g/mol. The number of carbonyl (C=O) groups is 4. The molecule has 37 heavy (non-hydrogen) atoms. The van der Waals surface area contributed by atoms with Gasteiger partial charge in [-0.25, -0.2) is 14.4 Å². The lowest BCUT2D eigenvalue weighted by molar-refractivity contribution is -0.121. The van der Waals surface area contributed by atoms with Gasteiger partial charge in [-0.05, 0) is 81.6 Å². The number of carboxylic acid groups (broad SMARTS) is 1. The van der Waals surface area contributed by atoms with Crippen LogP contribution in [0.5, 0.6) is 0 Å². The second kappa shape index (κ2) is 14.8. The molecule has 6 N–H and O–H groups in total. The molecular formula is C25H49N5O7. The monoisotopic (exact) mass is 531 g/mol. The lowest BCUT2D eigenvalue weighted by atomic mass is 10.0.